The summed E-state index contributed by atoms with van der Waals surface area (Å²) >= 11 is 9.40. The van der Waals surface area contributed by atoms with Crippen LogP contribution in [0.15, 0.2) is 59.2 Å². The van der Waals surface area contributed by atoms with E-state index in [0.29, 0.717) is 17.9 Å². The van der Waals surface area contributed by atoms with Crippen molar-refractivity contribution in [2.24, 2.45) is 0 Å². The SMILES string of the molecule is N#CCCc1cn(-c2ccc(Br)cc2)nc1-c1ccc(Cl)cc1. The highest BCUT2D eigenvalue weighted by Gasteiger charge is 2.12. The Hall–Kier alpha value is -2.09. The number of hydrogen-bond donors (Lipinski definition) is 0. The van der Waals surface area contributed by atoms with Gasteiger partial charge in [0.25, 0.3) is 0 Å². The summed E-state index contributed by atoms with van der Waals surface area (Å²) in [6.45, 7) is 0. The summed E-state index contributed by atoms with van der Waals surface area (Å²) in [5.74, 6) is 0. The van der Waals surface area contributed by atoms with E-state index in [1.807, 2.05) is 59.4 Å². The molecule has 0 aliphatic carbocycles. The lowest BCUT2D eigenvalue weighted by Crippen LogP contribution is -1.94. The molecule has 0 aliphatic heterocycles. The molecule has 3 rings (SSSR count). The molecule has 114 valence electrons. The quantitative estimate of drug-likeness (QED) is 0.601. The van der Waals surface area contributed by atoms with Crippen LogP contribution in [0.4, 0.5) is 0 Å². The van der Waals surface area contributed by atoms with Gasteiger partial charge in [-0.15, -0.1) is 0 Å². The number of hydrogen-bond acceptors (Lipinski definition) is 2. The Morgan fingerprint density at radius 1 is 1.09 bits per heavy atom. The predicted molar refractivity (Wildman–Crippen MR) is 95.6 cm³/mol. The molecule has 2 aromatic carbocycles. The van der Waals surface area contributed by atoms with Gasteiger partial charge in [0.05, 0.1) is 17.5 Å². The van der Waals surface area contributed by atoms with E-state index < -0.39 is 0 Å². The van der Waals surface area contributed by atoms with E-state index in [0.717, 1.165) is 27.0 Å². The fourth-order valence-corrected chi connectivity index (χ4v) is 2.75. The summed E-state index contributed by atoms with van der Waals surface area (Å²) in [6.07, 6.45) is 3.13. The summed E-state index contributed by atoms with van der Waals surface area (Å²) in [6, 6.07) is 17.8. The minimum Gasteiger partial charge on any atom is -0.240 e. The fraction of sp³-hybridized carbons (Fsp3) is 0.111. The van der Waals surface area contributed by atoms with Crippen molar-refractivity contribution in [2.45, 2.75) is 12.8 Å². The lowest BCUT2D eigenvalue weighted by Gasteiger charge is -2.01. The summed E-state index contributed by atoms with van der Waals surface area (Å²) in [5.41, 5.74) is 3.92. The average molecular weight is 387 g/mol. The summed E-state index contributed by atoms with van der Waals surface area (Å²) in [5, 5.41) is 14.3. The summed E-state index contributed by atoms with van der Waals surface area (Å²) < 4.78 is 2.87. The van der Waals surface area contributed by atoms with Gasteiger partial charge in [-0.3, -0.25) is 0 Å². The average Bonchev–Trinajstić information content (AvgIpc) is 2.98. The first-order valence-electron chi connectivity index (χ1n) is 7.15. The normalized spacial score (nSPS) is 10.5. The Morgan fingerprint density at radius 3 is 2.43 bits per heavy atom. The van der Waals surface area contributed by atoms with Gasteiger partial charge < -0.3 is 0 Å². The third kappa shape index (κ3) is 3.64. The van der Waals surface area contributed by atoms with Crippen LogP contribution in [0.5, 0.6) is 0 Å². The fourth-order valence-electron chi connectivity index (χ4n) is 2.36. The van der Waals surface area contributed by atoms with Crippen LogP contribution in [0.3, 0.4) is 0 Å². The van der Waals surface area contributed by atoms with E-state index in [1.54, 1.807) is 0 Å². The maximum Gasteiger partial charge on any atom is 0.0959 e. The second kappa shape index (κ2) is 6.99. The molecule has 0 amide bonds. The van der Waals surface area contributed by atoms with Crippen molar-refractivity contribution in [2.75, 3.05) is 0 Å². The number of benzene rings is 2. The van der Waals surface area contributed by atoms with E-state index >= 15 is 0 Å². The first-order valence-corrected chi connectivity index (χ1v) is 8.32. The van der Waals surface area contributed by atoms with Crippen molar-refractivity contribution < 1.29 is 0 Å². The zero-order valence-corrected chi connectivity index (χ0v) is 14.5. The molecular weight excluding hydrogens is 374 g/mol. The van der Waals surface area contributed by atoms with Crippen molar-refractivity contribution in [1.82, 2.24) is 9.78 Å². The molecule has 0 fully saturated rings. The Labute approximate surface area is 148 Å². The maximum atomic E-state index is 8.88. The zero-order chi connectivity index (χ0) is 16.2. The Kier molecular flexibility index (Phi) is 4.80. The van der Waals surface area contributed by atoms with Crippen LogP contribution < -0.4 is 0 Å². The number of rotatable bonds is 4. The standard InChI is InChI=1S/C18H13BrClN3/c19-15-5-9-17(10-6-15)23-12-14(2-1-11-21)18(22-23)13-3-7-16(20)8-4-13/h3-10,12H,1-2H2. The molecule has 0 spiro atoms. The largest absolute Gasteiger partial charge is 0.240 e. The molecule has 1 heterocycles. The highest BCUT2D eigenvalue weighted by molar-refractivity contribution is 9.10. The first-order chi connectivity index (χ1) is 11.2. The van der Waals surface area contributed by atoms with E-state index in [4.69, 9.17) is 22.0 Å². The third-order valence-corrected chi connectivity index (χ3v) is 4.29. The van der Waals surface area contributed by atoms with Gasteiger partial charge in [-0.2, -0.15) is 10.4 Å². The molecule has 0 saturated heterocycles. The van der Waals surface area contributed by atoms with Crippen LogP contribution in [0.1, 0.15) is 12.0 Å². The zero-order valence-electron chi connectivity index (χ0n) is 12.2. The van der Waals surface area contributed by atoms with Gasteiger partial charge >= 0.3 is 0 Å². The molecule has 3 aromatic rings. The number of nitriles is 1. The van der Waals surface area contributed by atoms with Gasteiger partial charge in [0.1, 0.15) is 0 Å². The molecule has 0 bridgehead atoms. The van der Waals surface area contributed by atoms with E-state index in [-0.39, 0.29) is 0 Å². The smallest absolute Gasteiger partial charge is 0.0959 e. The van der Waals surface area contributed by atoms with Crippen LogP contribution >= 0.6 is 27.5 Å². The molecule has 1 aromatic heterocycles. The van der Waals surface area contributed by atoms with Crippen molar-refractivity contribution in [3.63, 3.8) is 0 Å². The second-order valence-corrected chi connectivity index (χ2v) is 6.44. The number of aryl methyl sites for hydroxylation is 1. The first kappa shape index (κ1) is 15.8. The lowest BCUT2D eigenvalue weighted by atomic mass is 10.1. The molecule has 5 heteroatoms. The van der Waals surface area contributed by atoms with E-state index in [9.17, 15) is 0 Å². The molecule has 0 N–H and O–H groups in total. The second-order valence-electron chi connectivity index (χ2n) is 5.09. The van der Waals surface area contributed by atoms with Crippen LogP contribution in [0, 0.1) is 11.3 Å². The molecular formula is C18H13BrClN3. The molecule has 0 aliphatic rings. The molecule has 0 atom stereocenters. The van der Waals surface area contributed by atoms with Crippen LogP contribution in [0.2, 0.25) is 5.02 Å². The molecule has 0 saturated carbocycles. The molecule has 0 radical (unpaired) electrons. The van der Waals surface area contributed by atoms with Gasteiger partial charge in [-0.1, -0.05) is 39.7 Å². The van der Waals surface area contributed by atoms with Crippen molar-refractivity contribution in [3.05, 3.63) is 69.8 Å². The molecule has 23 heavy (non-hydrogen) atoms. The molecule has 0 unspecified atom stereocenters. The Bertz CT molecular complexity index is 845. The van der Waals surface area contributed by atoms with E-state index in [1.165, 1.54) is 0 Å². The van der Waals surface area contributed by atoms with E-state index in [2.05, 4.69) is 22.0 Å². The van der Waals surface area contributed by atoms with Gasteiger partial charge in [0.15, 0.2) is 0 Å². The number of nitrogens with zero attached hydrogens (tertiary/aromatic N) is 3. The van der Waals surface area contributed by atoms with Crippen molar-refractivity contribution >= 4 is 27.5 Å². The van der Waals surface area contributed by atoms with Crippen LogP contribution in [0.25, 0.3) is 16.9 Å². The minimum atomic E-state index is 0.465. The summed E-state index contributed by atoms with van der Waals surface area (Å²) in [4.78, 5) is 0. The van der Waals surface area contributed by atoms with Crippen molar-refractivity contribution in [1.29, 1.82) is 5.26 Å². The molecule has 3 nitrogen and oxygen atoms in total. The number of halogens is 2. The maximum absolute atomic E-state index is 8.88. The van der Waals surface area contributed by atoms with Crippen LogP contribution in [-0.2, 0) is 6.42 Å². The Balaban J connectivity index is 2.04. The van der Waals surface area contributed by atoms with Crippen LogP contribution in [-0.4, -0.2) is 9.78 Å². The van der Waals surface area contributed by atoms with Gasteiger partial charge in [-0.05, 0) is 48.4 Å². The summed E-state index contributed by atoms with van der Waals surface area (Å²) in [7, 11) is 0. The highest BCUT2D eigenvalue weighted by atomic mass is 79.9. The van der Waals surface area contributed by atoms with Gasteiger partial charge in [0.2, 0.25) is 0 Å². The van der Waals surface area contributed by atoms with Crippen molar-refractivity contribution in [3.8, 4) is 23.0 Å². The van der Waals surface area contributed by atoms with Gasteiger partial charge in [0, 0.05) is 27.7 Å². The topological polar surface area (TPSA) is 41.6 Å². The lowest BCUT2D eigenvalue weighted by molar-refractivity contribution is 0.882. The monoisotopic (exact) mass is 385 g/mol. The Morgan fingerprint density at radius 2 is 1.78 bits per heavy atom. The highest BCUT2D eigenvalue weighted by Crippen LogP contribution is 2.26. The third-order valence-electron chi connectivity index (χ3n) is 3.50. The minimum absolute atomic E-state index is 0.465. The number of aromatic nitrogens is 2. The predicted octanol–water partition coefficient (Wildman–Crippen LogP) is 5.41. The van der Waals surface area contributed by atoms with Gasteiger partial charge in [-0.25, -0.2) is 4.68 Å².